The van der Waals surface area contributed by atoms with Crippen molar-refractivity contribution in [3.63, 3.8) is 0 Å². The summed E-state index contributed by atoms with van der Waals surface area (Å²) < 4.78 is 0. The first kappa shape index (κ1) is 11.8. The lowest BCUT2D eigenvalue weighted by Crippen LogP contribution is -2.37. The maximum atomic E-state index is 7.60. The van der Waals surface area contributed by atoms with E-state index < -0.39 is 0 Å². The van der Waals surface area contributed by atoms with Crippen LogP contribution in [0.2, 0.25) is 0 Å². The van der Waals surface area contributed by atoms with Gasteiger partial charge in [-0.25, -0.2) is 0 Å². The number of amidine groups is 1. The van der Waals surface area contributed by atoms with Crippen LogP contribution in [0.25, 0.3) is 0 Å². The van der Waals surface area contributed by atoms with Crippen LogP contribution in [0.3, 0.4) is 0 Å². The molecule has 0 atom stereocenters. The van der Waals surface area contributed by atoms with Gasteiger partial charge in [-0.05, 0) is 13.5 Å². The maximum Gasteiger partial charge on any atom is 0.106 e. The molecule has 0 aliphatic rings. The average Bonchev–Trinajstić information content (AvgIpc) is 2.11. The van der Waals surface area contributed by atoms with Crippen LogP contribution in [0.1, 0.15) is 13.3 Å². The highest BCUT2D eigenvalue weighted by Crippen LogP contribution is 1.94. The Bertz CT molecular complexity index is 127. The van der Waals surface area contributed by atoms with E-state index in [2.05, 4.69) is 29.8 Å². The second-order valence-electron chi connectivity index (χ2n) is 2.70. The Hall–Kier alpha value is -0.220. The molecule has 0 heterocycles. The number of hydrogen-bond acceptors (Lipinski definition) is 3. The molecule has 4 heteroatoms. The number of nitrogens with one attached hydrogen (secondary N) is 2. The molecule has 0 aromatic rings. The Kier molecular flexibility index (Phi) is 7.29. The molecular weight excluding hydrogens is 170 g/mol. The SMILES string of the molecule is CCCN(CCNC)C(=N)CS. The first-order valence-corrected chi connectivity index (χ1v) is 4.97. The van der Waals surface area contributed by atoms with Gasteiger partial charge >= 0.3 is 0 Å². The van der Waals surface area contributed by atoms with Gasteiger partial charge in [-0.3, -0.25) is 5.41 Å². The predicted octanol–water partition coefficient (Wildman–Crippen LogP) is 0.825. The number of hydrogen-bond donors (Lipinski definition) is 3. The van der Waals surface area contributed by atoms with Crippen LogP contribution < -0.4 is 5.32 Å². The molecule has 0 rings (SSSR count). The molecule has 0 aromatic heterocycles. The molecule has 0 fully saturated rings. The van der Waals surface area contributed by atoms with Gasteiger partial charge < -0.3 is 10.2 Å². The third-order valence-corrected chi connectivity index (χ3v) is 1.96. The van der Waals surface area contributed by atoms with Gasteiger partial charge in [0.1, 0.15) is 5.84 Å². The van der Waals surface area contributed by atoms with Gasteiger partial charge in [0.15, 0.2) is 0 Å². The van der Waals surface area contributed by atoms with Crippen LogP contribution in [0, 0.1) is 5.41 Å². The predicted molar refractivity (Wildman–Crippen MR) is 57.4 cm³/mol. The van der Waals surface area contributed by atoms with Crippen LogP contribution in [-0.2, 0) is 0 Å². The van der Waals surface area contributed by atoms with Crippen molar-refractivity contribution in [1.29, 1.82) is 5.41 Å². The Balaban J connectivity index is 3.76. The highest BCUT2D eigenvalue weighted by atomic mass is 32.1. The largest absolute Gasteiger partial charge is 0.359 e. The van der Waals surface area contributed by atoms with Crippen LogP contribution >= 0.6 is 12.6 Å². The lowest BCUT2D eigenvalue weighted by atomic mass is 10.4. The van der Waals surface area contributed by atoms with Gasteiger partial charge in [-0.1, -0.05) is 6.92 Å². The molecule has 0 bridgehead atoms. The smallest absolute Gasteiger partial charge is 0.106 e. The van der Waals surface area contributed by atoms with E-state index in [1.807, 2.05) is 7.05 Å². The van der Waals surface area contributed by atoms with E-state index in [1.165, 1.54) is 0 Å². The third-order valence-electron chi connectivity index (χ3n) is 1.66. The van der Waals surface area contributed by atoms with Gasteiger partial charge in [0.05, 0.1) is 0 Å². The minimum Gasteiger partial charge on any atom is -0.359 e. The fourth-order valence-corrected chi connectivity index (χ4v) is 1.20. The first-order chi connectivity index (χ1) is 5.76. The summed E-state index contributed by atoms with van der Waals surface area (Å²) in [6.07, 6.45) is 1.08. The molecule has 0 saturated heterocycles. The monoisotopic (exact) mass is 189 g/mol. The van der Waals surface area contributed by atoms with Gasteiger partial charge in [0, 0.05) is 25.4 Å². The van der Waals surface area contributed by atoms with E-state index in [0.29, 0.717) is 11.6 Å². The van der Waals surface area contributed by atoms with Gasteiger partial charge in [-0.2, -0.15) is 12.6 Å². The van der Waals surface area contributed by atoms with E-state index in [9.17, 15) is 0 Å². The average molecular weight is 189 g/mol. The summed E-state index contributed by atoms with van der Waals surface area (Å²) in [5.41, 5.74) is 0. The van der Waals surface area contributed by atoms with Gasteiger partial charge in [-0.15, -0.1) is 0 Å². The minimum atomic E-state index is 0.531. The highest BCUT2D eigenvalue weighted by Gasteiger charge is 2.05. The second-order valence-corrected chi connectivity index (χ2v) is 3.01. The number of rotatable bonds is 6. The number of likely N-dealkylation sites (N-methyl/N-ethyl adjacent to an activating group) is 1. The Morgan fingerprint density at radius 2 is 2.17 bits per heavy atom. The molecule has 72 valence electrons. The summed E-state index contributed by atoms with van der Waals surface area (Å²) in [5.74, 6) is 1.15. The van der Waals surface area contributed by atoms with Gasteiger partial charge in [0.2, 0.25) is 0 Å². The van der Waals surface area contributed by atoms with Crippen molar-refractivity contribution in [2.45, 2.75) is 13.3 Å². The zero-order valence-electron chi connectivity index (χ0n) is 7.93. The standard InChI is InChI=1S/C8H19N3S/c1-3-5-11(6-4-10-2)8(9)7-12/h9-10,12H,3-7H2,1-2H3. The zero-order chi connectivity index (χ0) is 9.40. The summed E-state index contributed by atoms with van der Waals surface area (Å²) in [4.78, 5) is 2.06. The molecule has 0 amide bonds. The molecular formula is C8H19N3S. The van der Waals surface area contributed by atoms with Crippen molar-refractivity contribution in [2.24, 2.45) is 0 Å². The highest BCUT2D eigenvalue weighted by molar-refractivity contribution is 7.81. The maximum absolute atomic E-state index is 7.60. The van der Waals surface area contributed by atoms with E-state index in [1.54, 1.807) is 0 Å². The van der Waals surface area contributed by atoms with Crippen molar-refractivity contribution in [1.82, 2.24) is 10.2 Å². The van der Waals surface area contributed by atoms with Gasteiger partial charge in [0.25, 0.3) is 0 Å². The summed E-state index contributed by atoms with van der Waals surface area (Å²) in [7, 11) is 1.93. The zero-order valence-corrected chi connectivity index (χ0v) is 8.82. The summed E-state index contributed by atoms with van der Waals surface area (Å²) in [5, 5.41) is 10.7. The topological polar surface area (TPSA) is 39.1 Å². The van der Waals surface area contributed by atoms with Crippen molar-refractivity contribution in [3.05, 3.63) is 0 Å². The van der Waals surface area contributed by atoms with Crippen LogP contribution in [0.5, 0.6) is 0 Å². The molecule has 0 radical (unpaired) electrons. The number of thiol groups is 1. The van der Waals surface area contributed by atoms with Crippen LogP contribution in [0.15, 0.2) is 0 Å². The molecule has 0 spiro atoms. The molecule has 0 aromatic carbocycles. The van der Waals surface area contributed by atoms with E-state index in [0.717, 1.165) is 26.1 Å². The molecule has 3 nitrogen and oxygen atoms in total. The molecule has 2 N–H and O–H groups in total. The molecule has 0 aliphatic carbocycles. The summed E-state index contributed by atoms with van der Waals surface area (Å²) in [6.45, 7) is 4.92. The molecule has 12 heavy (non-hydrogen) atoms. The Morgan fingerprint density at radius 3 is 2.58 bits per heavy atom. The van der Waals surface area contributed by atoms with Crippen molar-refractivity contribution >= 4 is 18.5 Å². The first-order valence-electron chi connectivity index (χ1n) is 4.34. The second kappa shape index (κ2) is 7.43. The lowest BCUT2D eigenvalue weighted by molar-refractivity contribution is 0.411. The quantitative estimate of drug-likeness (QED) is 0.329. The van der Waals surface area contributed by atoms with E-state index in [-0.39, 0.29) is 0 Å². The number of nitrogens with zero attached hydrogens (tertiary/aromatic N) is 1. The molecule has 0 saturated carbocycles. The van der Waals surface area contributed by atoms with E-state index >= 15 is 0 Å². The van der Waals surface area contributed by atoms with Crippen molar-refractivity contribution in [3.8, 4) is 0 Å². The van der Waals surface area contributed by atoms with E-state index in [4.69, 9.17) is 5.41 Å². The fourth-order valence-electron chi connectivity index (χ4n) is 0.998. The molecule has 0 unspecified atom stereocenters. The summed E-state index contributed by atoms with van der Waals surface area (Å²) >= 11 is 4.08. The Morgan fingerprint density at radius 1 is 1.50 bits per heavy atom. The minimum absolute atomic E-state index is 0.531. The third kappa shape index (κ3) is 4.62. The van der Waals surface area contributed by atoms with Crippen LogP contribution in [0.4, 0.5) is 0 Å². The fraction of sp³-hybridized carbons (Fsp3) is 0.875. The summed E-state index contributed by atoms with van der Waals surface area (Å²) in [6, 6.07) is 0. The molecule has 0 aliphatic heterocycles. The lowest BCUT2D eigenvalue weighted by Gasteiger charge is -2.23. The van der Waals surface area contributed by atoms with Crippen molar-refractivity contribution < 1.29 is 0 Å². The van der Waals surface area contributed by atoms with Crippen LogP contribution in [-0.4, -0.2) is 43.2 Å². The Labute approximate surface area is 80.4 Å². The van der Waals surface area contributed by atoms with Crippen molar-refractivity contribution in [2.75, 3.05) is 32.4 Å². The normalized spacial score (nSPS) is 9.92.